The maximum absolute atomic E-state index is 6.04. The zero-order valence-corrected chi connectivity index (χ0v) is 13.6. The second kappa shape index (κ2) is 6.31. The fourth-order valence-electron chi connectivity index (χ4n) is 2.19. The van der Waals surface area contributed by atoms with Gasteiger partial charge in [0.05, 0.1) is 16.9 Å². The molecule has 0 amide bonds. The Hall–Kier alpha value is -0.190. The van der Waals surface area contributed by atoms with E-state index in [1.165, 1.54) is 5.52 Å². The molecule has 0 radical (unpaired) electrons. The van der Waals surface area contributed by atoms with Crippen LogP contribution in [-0.2, 0) is 5.88 Å². The molecular weight excluding hydrogens is 332 g/mol. The lowest BCUT2D eigenvalue weighted by Crippen LogP contribution is -2.13. The van der Waals surface area contributed by atoms with E-state index in [-0.39, 0.29) is 0 Å². The van der Waals surface area contributed by atoms with Gasteiger partial charge in [0.2, 0.25) is 0 Å². The number of alkyl halides is 1. The summed E-state index contributed by atoms with van der Waals surface area (Å²) in [5, 5.41) is 0. The van der Waals surface area contributed by atoms with Gasteiger partial charge in [-0.25, -0.2) is 4.98 Å². The first-order valence-electron chi connectivity index (χ1n) is 5.92. The molecule has 0 saturated carbocycles. The topological polar surface area (TPSA) is 17.8 Å². The highest BCUT2D eigenvalue weighted by Crippen LogP contribution is 2.28. The SMILES string of the molecule is CCC(CSC)n1c(CCl)nc2ccc(Br)cc21. The van der Waals surface area contributed by atoms with Crippen molar-refractivity contribution in [1.82, 2.24) is 9.55 Å². The first-order valence-corrected chi connectivity index (χ1v) is 8.64. The lowest BCUT2D eigenvalue weighted by Gasteiger charge is -2.19. The van der Waals surface area contributed by atoms with Gasteiger partial charge in [-0.15, -0.1) is 11.6 Å². The Morgan fingerprint density at radius 1 is 1.50 bits per heavy atom. The first kappa shape index (κ1) is 14.2. The molecule has 0 saturated heterocycles. The molecule has 1 aromatic carbocycles. The van der Waals surface area contributed by atoms with E-state index >= 15 is 0 Å². The van der Waals surface area contributed by atoms with E-state index in [1.807, 2.05) is 23.9 Å². The maximum atomic E-state index is 6.04. The average molecular weight is 348 g/mol. The summed E-state index contributed by atoms with van der Waals surface area (Å²) in [7, 11) is 0. The molecule has 2 aromatic rings. The van der Waals surface area contributed by atoms with Gasteiger partial charge < -0.3 is 4.57 Å². The Morgan fingerprint density at radius 2 is 2.28 bits per heavy atom. The van der Waals surface area contributed by atoms with Crippen LogP contribution in [0.4, 0.5) is 0 Å². The number of fused-ring (bicyclic) bond motifs is 1. The van der Waals surface area contributed by atoms with E-state index < -0.39 is 0 Å². The molecule has 0 spiro atoms. The number of hydrogen-bond donors (Lipinski definition) is 0. The number of rotatable bonds is 5. The van der Waals surface area contributed by atoms with Gasteiger partial charge in [0.25, 0.3) is 0 Å². The van der Waals surface area contributed by atoms with Crippen molar-refractivity contribution in [1.29, 1.82) is 0 Å². The largest absolute Gasteiger partial charge is 0.323 e. The van der Waals surface area contributed by atoms with Crippen molar-refractivity contribution in [2.75, 3.05) is 12.0 Å². The number of hydrogen-bond acceptors (Lipinski definition) is 2. The van der Waals surface area contributed by atoms with Crippen LogP contribution in [0.1, 0.15) is 25.2 Å². The third-order valence-corrected chi connectivity index (χ3v) is 4.49. The molecule has 2 nitrogen and oxygen atoms in total. The molecule has 1 heterocycles. The fourth-order valence-corrected chi connectivity index (χ4v) is 3.49. The number of aromatic nitrogens is 2. The summed E-state index contributed by atoms with van der Waals surface area (Å²) in [6, 6.07) is 6.64. The van der Waals surface area contributed by atoms with Crippen molar-refractivity contribution < 1.29 is 0 Å². The summed E-state index contributed by atoms with van der Waals surface area (Å²) in [6.07, 6.45) is 3.22. The molecule has 1 aromatic heterocycles. The van der Waals surface area contributed by atoms with E-state index in [2.05, 4.69) is 44.7 Å². The lowest BCUT2D eigenvalue weighted by atomic mass is 10.2. The molecule has 0 aliphatic carbocycles. The Bertz CT molecular complexity index is 541. The summed E-state index contributed by atoms with van der Waals surface area (Å²) >= 11 is 11.4. The Balaban J connectivity index is 2.60. The van der Waals surface area contributed by atoms with Crippen LogP contribution in [0.3, 0.4) is 0 Å². The molecule has 1 unspecified atom stereocenters. The summed E-state index contributed by atoms with van der Waals surface area (Å²) in [4.78, 5) is 4.62. The number of nitrogens with zero attached hydrogens (tertiary/aromatic N) is 2. The molecule has 0 fully saturated rings. The molecule has 0 N–H and O–H groups in total. The smallest absolute Gasteiger partial charge is 0.125 e. The molecule has 5 heteroatoms. The van der Waals surface area contributed by atoms with Gasteiger partial charge in [-0.3, -0.25) is 0 Å². The standard InChI is InChI=1S/C13H16BrClN2S/c1-3-10(8-18-2)17-12-6-9(14)4-5-11(12)16-13(17)7-15/h4-6,10H,3,7-8H2,1-2H3. The molecule has 2 rings (SSSR count). The van der Waals surface area contributed by atoms with Gasteiger partial charge in [-0.2, -0.15) is 11.8 Å². The van der Waals surface area contributed by atoms with Crippen molar-refractivity contribution in [3.05, 3.63) is 28.5 Å². The van der Waals surface area contributed by atoms with E-state index in [0.29, 0.717) is 11.9 Å². The monoisotopic (exact) mass is 346 g/mol. The summed E-state index contributed by atoms with van der Waals surface area (Å²) < 4.78 is 3.38. The highest BCUT2D eigenvalue weighted by atomic mass is 79.9. The van der Waals surface area contributed by atoms with Crippen LogP contribution in [0, 0.1) is 0 Å². The van der Waals surface area contributed by atoms with E-state index in [9.17, 15) is 0 Å². The third-order valence-electron chi connectivity index (χ3n) is 3.04. The predicted molar refractivity (Wildman–Crippen MR) is 84.7 cm³/mol. The van der Waals surface area contributed by atoms with Crippen molar-refractivity contribution in [3.8, 4) is 0 Å². The summed E-state index contributed by atoms with van der Waals surface area (Å²) in [5.41, 5.74) is 2.19. The van der Waals surface area contributed by atoms with Gasteiger partial charge in [-0.05, 0) is 30.9 Å². The second-order valence-corrected chi connectivity index (χ2v) is 6.28. The van der Waals surface area contributed by atoms with Crippen LogP contribution in [-0.4, -0.2) is 21.6 Å². The normalized spacial score (nSPS) is 13.1. The lowest BCUT2D eigenvalue weighted by molar-refractivity contribution is 0.538. The Labute approximate surface area is 125 Å². The summed E-state index contributed by atoms with van der Waals surface area (Å²) in [5.74, 6) is 2.50. The fraction of sp³-hybridized carbons (Fsp3) is 0.462. The second-order valence-electron chi connectivity index (χ2n) is 4.18. The molecular formula is C13H16BrClN2S. The number of imidazole rings is 1. The van der Waals surface area contributed by atoms with Gasteiger partial charge >= 0.3 is 0 Å². The zero-order valence-electron chi connectivity index (χ0n) is 10.5. The molecule has 98 valence electrons. The number of thioether (sulfide) groups is 1. The van der Waals surface area contributed by atoms with Gasteiger partial charge in [-0.1, -0.05) is 22.9 Å². The van der Waals surface area contributed by atoms with Gasteiger partial charge in [0.15, 0.2) is 0 Å². The van der Waals surface area contributed by atoms with E-state index in [0.717, 1.165) is 28.0 Å². The molecule has 0 bridgehead atoms. The molecule has 0 aliphatic heterocycles. The van der Waals surface area contributed by atoms with Crippen molar-refractivity contribution in [3.63, 3.8) is 0 Å². The molecule has 18 heavy (non-hydrogen) atoms. The third kappa shape index (κ3) is 2.70. The minimum absolute atomic E-state index is 0.452. The van der Waals surface area contributed by atoms with Gasteiger partial charge in [0, 0.05) is 16.3 Å². The highest BCUT2D eigenvalue weighted by molar-refractivity contribution is 9.10. The minimum Gasteiger partial charge on any atom is -0.323 e. The quantitative estimate of drug-likeness (QED) is 0.719. The van der Waals surface area contributed by atoms with Crippen LogP contribution >= 0.6 is 39.3 Å². The van der Waals surface area contributed by atoms with Crippen LogP contribution in [0.15, 0.2) is 22.7 Å². The van der Waals surface area contributed by atoms with Crippen LogP contribution < -0.4 is 0 Å². The van der Waals surface area contributed by atoms with Crippen LogP contribution in [0.2, 0.25) is 0 Å². The average Bonchev–Trinajstić information content (AvgIpc) is 2.73. The van der Waals surface area contributed by atoms with Crippen LogP contribution in [0.5, 0.6) is 0 Å². The van der Waals surface area contributed by atoms with Gasteiger partial charge in [0.1, 0.15) is 5.82 Å². The molecule has 1 atom stereocenters. The van der Waals surface area contributed by atoms with Crippen molar-refractivity contribution >= 4 is 50.3 Å². The highest BCUT2D eigenvalue weighted by Gasteiger charge is 2.17. The Morgan fingerprint density at radius 3 is 2.89 bits per heavy atom. The van der Waals surface area contributed by atoms with Crippen molar-refractivity contribution in [2.45, 2.75) is 25.3 Å². The van der Waals surface area contributed by atoms with E-state index in [1.54, 1.807) is 0 Å². The molecule has 0 aliphatic rings. The zero-order chi connectivity index (χ0) is 13.1. The Kier molecular flexibility index (Phi) is 4.98. The first-order chi connectivity index (χ1) is 8.71. The minimum atomic E-state index is 0.452. The maximum Gasteiger partial charge on any atom is 0.125 e. The predicted octanol–water partition coefficient (Wildman–Crippen LogP) is 4.85. The van der Waals surface area contributed by atoms with Crippen LogP contribution in [0.25, 0.3) is 11.0 Å². The number of benzene rings is 1. The van der Waals surface area contributed by atoms with E-state index in [4.69, 9.17) is 11.6 Å². The number of halogens is 2. The van der Waals surface area contributed by atoms with Crippen molar-refractivity contribution in [2.24, 2.45) is 0 Å². The summed E-state index contributed by atoms with van der Waals surface area (Å²) in [6.45, 7) is 2.21.